The van der Waals surface area contributed by atoms with Gasteiger partial charge in [-0.25, -0.2) is 0 Å². The molecule has 1 N–H and O–H groups in total. The van der Waals surface area contributed by atoms with E-state index in [2.05, 4.69) is 29.2 Å². The molecule has 0 saturated carbocycles. The van der Waals surface area contributed by atoms with E-state index in [0.29, 0.717) is 11.3 Å². The molecule has 16 heavy (non-hydrogen) atoms. The Kier molecular flexibility index (Phi) is 4.53. The van der Waals surface area contributed by atoms with Crippen LogP contribution in [0.3, 0.4) is 0 Å². The Morgan fingerprint density at radius 3 is 3.06 bits per heavy atom. The molecular formula is C12H23N3S. The molecular weight excluding hydrogens is 218 g/mol. The molecule has 2 aliphatic heterocycles. The zero-order valence-corrected chi connectivity index (χ0v) is 11.2. The van der Waals surface area contributed by atoms with Crippen LogP contribution in [0.25, 0.3) is 0 Å². The second kappa shape index (κ2) is 5.92. The van der Waals surface area contributed by atoms with Gasteiger partial charge in [0.15, 0.2) is 5.17 Å². The van der Waals surface area contributed by atoms with Gasteiger partial charge in [0.2, 0.25) is 0 Å². The lowest BCUT2D eigenvalue weighted by molar-refractivity contribution is 0.187. The number of hydrogen-bond acceptors (Lipinski definition) is 4. The summed E-state index contributed by atoms with van der Waals surface area (Å²) in [4.78, 5) is 7.03. The molecule has 92 valence electrons. The van der Waals surface area contributed by atoms with Crippen LogP contribution >= 0.6 is 11.8 Å². The van der Waals surface area contributed by atoms with E-state index >= 15 is 0 Å². The topological polar surface area (TPSA) is 27.6 Å². The average Bonchev–Trinajstić information content (AvgIpc) is 2.76. The number of thioether (sulfide) groups is 1. The minimum absolute atomic E-state index is 0.706. The van der Waals surface area contributed by atoms with Gasteiger partial charge in [-0.3, -0.25) is 4.99 Å². The Morgan fingerprint density at radius 2 is 2.38 bits per heavy atom. The zero-order valence-electron chi connectivity index (χ0n) is 10.4. The summed E-state index contributed by atoms with van der Waals surface area (Å²) < 4.78 is 0. The lowest BCUT2D eigenvalue weighted by Gasteiger charge is -2.32. The first-order chi connectivity index (χ1) is 7.79. The van der Waals surface area contributed by atoms with E-state index < -0.39 is 0 Å². The lowest BCUT2D eigenvalue weighted by Crippen LogP contribution is -2.43. The molecule has 0 amide bonds. The molecule has 0 bridgehead atoms. The van der Waals surface area contributed by atoms with Crippen molar-refractivity contribution < 1.29 is 0 Å². The number of hydrogen-bond donors (Lipinski definition) is 1. The van der Waals surface area contributed by atoms with Crippen molar-refractivity contribution in [1.82, 2.24) is 10.2 Å². The first kappa shape index (κ1) is 12.2. The third-order valence-electron chi connectivity index (χ3n) is 3.58. The molecule has 3 nitrogen and oxygen atoms in total. The molecule has 0 aromatic rings. The van der Waals surface area contributed by atoms with Crippen molar-refractivity contribution in [3.8, 4) is 0 Å². The maximum absolute atomic E-state index is 4.55. The summed E-state index contributed by atoms with van der Waals surface area (Å²) in [6.07, 6.45) is 5.30. The molecule has 0 spiro atoms. The second-order valence-corrected chi connectivity index (χ2v) is 6.09. The van der Waals surface area contributed by atoms with Crippen LogP contribution in [0.2, 0.25) is 0 Å². The van der Waals surface area contributed by atoms with Gasteiger partial charge in [-0.1, -0.05) is 25.1 Å². The molecule has 2 aliphatic rings. The van der Waals surface area contributed by atoms with Crippen molar-refractivity contribution in [2.75, 3.05) is 26.7 Å². The van der Waals surface area contributed by atoms with Crippen molar-refractivity contribution in [1.29, 1.82) is 0 Å². The SMILES string of the molecule is CCC1CN=C(NCC2CCCCN2C)S1. The van der Waals surface area contributed by atoms with Crippen LogP contribution in [-0.4, -0.2) is 48.0 Å². The largest absolute Gasteiger partial charge is 0.363 e. The third kappa shape index (κ3) is 3.14. The van der Waals surface area contributed by atoms with Crippen molar-refractivity contribution in [2.24, 2.45) is 4.99 Å². The number of rotatable bonds is 3. The van der Waals surface area contributed by atoms with E-state index in [0.717, 1.165) is 13.1 Å². The standard InChI is InChI=1S/C12H23N3S/c1-3-11-9-14-12(16-11)13-8-10-6-4-5-7-15(10)2/h10-11H,3-9H2,1-2H3,(H,13,14). The number of nitrogens with zero attached hydrogens (tertiary/aromatic N) is 2. The molecule has 1 saturated heterocycles. The summed E-state index contributed by atoms with van der Waals surface area (Å²) in [5.41, 5.74) is 0. The van der Waals surface area contributed by atoms with Gasteiger partial charge >= 0.3 is 0 Å². The molecule has 2 heterocycles. The van der Waals surface area contributed by atoms with Crippen LogP contribution in [0.5, 0.6) is 0 Å². The number of piperidine rings is 1. The number of likely N-dealkylation sites (N-methyl/N-ethyl adjacent to an activating group) is 1. The Morgan fingerprint density at radius 1 is 1.50 bits per heavy atom. The molecule has 0 aliphatic carbocycles. The Labute approximate surface area is 103 Å². The van der Waals surface area contributed by atoms with Gasteiger partial charge < -0.3 is 10.2 Å². The van der Waals surface area contributed by atoms with E-state index in [1.54, 1.807) is 0 Å². The van der Waals surface area contributed by atoms with Crippen LogP contribution in [0, 0.1) is 0 Å². The van der Waals surface area contributed by atoms with Crippen molar-refractivity contribution in [2.45, 2.75) is 43.9 Å². The lowest BCUT2D eigenvalue weighted by atomic mass is 10.0. The van der Waals surface area contributed by atoms with Crippen LogP contribution in [0.1, 0.15) is 32.6 Å². The maximum atomic E-state index is 4.55. The van der Waals surface area contributed by atoms with Crippen molar-refractivity contribution in [3.63, 3.8) is 0 Å². The van der Waals surface area contributed by atoms with E-state index in [-0.39, 0.29) is 0 Å². The number of likely N-dealkylation sites (tertiary alicyclic amines) is 1. The number of nitrogens with one attached hydrogen (secondary N) is 1. The smallest absolute Gasteiger partial charge is 0.156 e. The molecule has 2 rings (SSSR count). The highest BCUT2D eigenvalue weighted by atomic mass is 32.2. The fraction of sp³-hybridized carbons (Fsp3) is 0.917. The number of aliphatic imine (C=N–C) groups is 1. The summed E-state index contributed by atoms with van der Waals surface area (Å²) in [7, 11) is 2.24. The van der Waals surface area contributed by atoms with E-state index in [4.69, 9.17) is 0 Å². The first-order valence-electron chi connectivity index (χ1n) is 6.44. The van der Waals surface area contributed by atoms with E-state index in [9.17, 15) is 0 Å². The Hall–Kier alpha value is -0.220. The zero-order chi connectivity index (χ0) is 11.4. The summed E-state index contributed by atoms with van der Waals surface area (Å²) in [6.45, 7) is 5.57. The maximum Gasteiger partial charge on any atom is 0.156 e. The van der Waals surface area contributed by atoms with Gasteiger partial charge in [0.25, 0.3) is 0 Å². The molecule has 4 heteroatoms. The first-order valence-corrected chi connectivity index (χ1v) is 7.32. The van der Waals surface area contributed by atoms with Crippen LogP contribution in [0.4, 0.5) is 0 Å². The minimum atomic E-state index is 0.706. The van der Waals surface area contributed by atoms with Crippen LogP contribution in [0.15, 0.2) is 4.99 Å². The van der Waals surface area contributed by atoms with Gasteiger partial charge in [0.05, 0.1) is 6.54 Å². The quantitative estimate of drug-likeness (QED) is 0.818. The molecule has 0 radical (unpaired) electrons. The molecule has 2 unspecified atom stereocenters. The normalized spacial score (nSPS) is 31.5. The Bertz CT molecular complexity index is 255. The fourth-order valence-electron chi connectivity index (χ4n) is 2.33. The van der Waals surface area contributed by atoms with Gasteiger partial charge in [-0.15, -0.1) is 0 Å². The molecule has 0 aromatic carbocycles. The highest BCUT2D eigenvalue weighted by molar-refractivity contribution is 8.14. The monoisotopic (exact) mass is 241 g/mol. The predicted molar refractivity (Wildman–Crippen MR) is 72.2 cm³/mol. The summed E-state index contributed by atoms with van der Waals surface area (Å²) in [5, 5.41) is 5.40. The van der Waals surface area contributed by atoms with Gasteiger partial charge in [-0.05, 0) is 32.9 Å². The Balaban J connectivity index is 1.71. The predicted octanol–water partition coefficient (Wildman–Crippen LogP) is 1.94. The second-order valence-electron chi connectivity index (χ2n) is 4.81. The molecule has 0 aromatic heterocycles. The summed E-state index contributed by atoms with van der Waals surface area (Å²) in [6, 6.07) is 0.706. The fourth-order valence-corrected chi connectivity index (χ4v) is 3.28. The van der Waals surface area contributed by atoms with Gasteiger partial charge in [0, 0.05) is 17.8 Å². The summed E-state index contributed by atoms with van der Waals surface area (Å²) in [5.74, 6) is 0. The van der Waals surface area contributed by atoms with Gasteiger partial charge in [0.1, 0.15) is 0 Å². The van der Waals surface area contributed by atoms with E-state index in [1.807, 2.05) is 11.8 Å². The third-order valence-corrected chi connectivity index (χ3v) is 4.90. The average molecular weight is 241 g/mol. The van der Waals surface area contributed by atoms with E-state index in [1.165, 1.54) is 37.4 Å². The van der Waals surface area contributed by atoms with Crippen molar-refractivity contribution >= 4 is 16.9 Å². The summed E-state index contributed by atoms with van der Waals surface area (Å²) >= 11 is 1.92. The molecule has 1 fully saturated rings. The highest BCUT2D eigenvalue weighted by Gasteiger charge is 2.21. The minimum Gasteiger partial charge on any atom is -0.363 e. The van der Waals surface area contributed by atoms with Crippen LogP contribution in [-0.2, 0) is 0 Å². The highest BCUT2D eigenvalue weighted by Crippen LogP contribution is 2.22. The van der Waals surface area contributed by atoms with Gasteiger partial charge in [-0.2, -0.15) is 0 Å². The molecule has 2 atom stereocenters. The number of amidine groups is 1. The van der Waals surface area contributed by atoms with Crippen LogP contribution < -0.4 is 5.32 Å². The van der Waals surface area contributed by atoms with Crippen molar-refractivity contribution in [3.05, 3.63) is 0 Å².